The molecule has 0 radical (unpaired) electrons. The van der Waals surface area contributed by atoms with Crippen LogP contribution in [0.25, 0.3) is 10.9 Å². The molecule has 3 heterocycles. The number of rotatable bonds is 9. The average molecular weight is 500 g/mol. The van der Waals surface area contributed by atoms with E-state index in [4.69, 9.17) is 4.74 Å². The Balaban J connectivity index is 1.33. The highest BCUT2D eigenvalue weighted by molar-refractivity contribution is 5.88. The second-order valence-electron chi connectivity index (χ2n) is 9.68. The minimum Gasteiger partial charge on any atom is -0.387 e. The Morgan fingerprint density at radius 3 is 2.46 bits per heavy atom. The van der Waals surface area contributed by atoms with Gasteiger partial charge >= 0.3 is 0 Å². The second kappa shape index (κ2) is 11.0. The number of likely N-dealkylation sites (tertiary alicyclic amines) is 1. The van der Waals surface area contributed by atoms with Crippen molar-refractivity contribution in [1.29, 1.82) is 0 Å². The quantitative estimate of drug-likeness (QED) is 0.273. The van der Waals surface area contributed by atoms with Gasteiger partial charge in [0.1, 0.15) is 6.04 Å². The summed E-state index contributed by atoms with van der Waals surface area (Å²) in [6.45, 7) is 1.28. The molecule has 4 aromatic rings. The summed E-state index contributed by atoms with van der Waals surface area (Å²) in [5.74, 6) is 0.0312. The molecule has 0 spiro atoms. The van der Waals surface area contributed by atoms with Gasteiger partial charge in [-0.3, -0.25) is 9.78 Å². The lowest BCUT2D eigenvalue weighted by Gasteiger charge is -2.39. The molecule has 5 rings (SSSR count). The third-order valence-electron chi connectivity index (χ3n) is 7.01. The third-order valence-corrected chi connectivity index (χ3v) is 7.01. The van der Waals surface area contributed by atoms with Gasteiger partial charge in [0.15, 0.2) is 0 Å². The number of anilines is 3. The highest BCUT2D eigenvalue weighted by Crippen LogP contribution is 2.26. The zero-order valence-electron chi connectivity index (χ0n) is 21.0. The SMILES string of the molecule is COCC1(O)CCN(C(=O)C(Cc2c[nH]c3ccccc23)Nc2ccc(Nc3ccncc3)cc2)CC1. The highest BCUT2D eigenvalue weighted by Gasteiger charge is 2.36. The summed E-state index contributed by atoms with van der Waals surface area (Å²) < 4.78 is 5.19. The monoisotopic (exact) mass is 499 g/mol. The largest absolute Gasteiger partial charge is 0.387 e. The van der Waals surface area contributed by atoms with Crippen LogP contribution in [-0.2, 0) is 16.0 Å². The first-order chi connectivity index (χ1) is 18.0. The summed E-state index contributed by atoms with van der Waals surface area (Å²) >= 11 is 0. The highest BCUT2D eigenvalue weighted by atomic mass is 16.5. The molecular weight excluding hydrogens is 466 g/mol. The molecule has 1 fully saturated rings. The van der Waals surface area contributed by atoms with Crippen molar-refractivity contribution in [3.8, 4) is 0 Å². The van der Waals surface area contributed by atoms with Crippen LogP contribution in [0.1, 0.15) is 18.4 Å². The number of pyridine rings is 1. The number of nitrogens with zero attached hydrogens (tertiary/aromatic N) is 2. The predicted octanol–water partition coefficient (Wildman–Crippen LogP) is 4.33. The van der Waals surface area contributed by atoms with Gasteiger partial charge in [-0.25, -0.2) is 0 Å². The Kier molecular flexibility index (Phi) is 7.39. The Morgan fingerprint density at radius 2 is 1.73 bits per heavy atom. The van der Waals surface area contributed by atoms with Crippen LogP contribution in [0.2, 0.25) is 0 Å². The minimum absolute atomic E-state index is 0.0312. The van der Waals surface area contributed by atoms with Crippen molar-refractivity contribution in [3.63, 3.8) is 0 Å². The fraction of sp³-hybridized carbons (Fsp3) is 0.310. The van der Waals surface area contributed by atoms with Gasteiger partial charge in [0.25, 0.3) is 0 Å². The molecule has 1 aliphatic rings. The van der Waals surface area contributed by atoms with Gasteiger partial charge in [0, 0.05) is 73.2 Å². The number of para-hydroxylation sites is 1. The zero-order valence-corrected chi connectivity index (χ0v) is 21.0. The van der Waals surface area contributed by atoms with Crippen molar-refractivity contribution in [2.24, 2.45) is 0 Å². The number of carbonyl (C=O) groups excluding carboxylic acids is 1. The van der Waals surface area contributed by atoms with Gasteiger partial charge in [-0.1, -0.05) is 18.2 Å². The number of ether oxygens (including phenoxy) is 1. The maximum absolute atomic E-state index is 13.8. The normalized spacial score (nSPS) is 15.9. The van der Waals surface area contributed by atoms with E-state index in [1.165, 1.54) is 0 Å². The van der Waals surface area contributed by atoms with Crippen molar-refractivity contribution >= 4 is 33.9 Å². The average Bonchev–Trinajstić information content (AvgIpc) is 3.33. The molecule has 0 aliphatic carbocycles. The van der Waals surface area contributed by atoms with Crippen LogP contribution in [-0.4, -0.2) is 64.3 Å². The van der Waals surface area contributed by atoms with Crippen LogP contribution in [0.15, 0.2) is 79.3 Å². The van der Waals surface area contributed by atoms with Crippen LogP contribution in [0, 0.1) is 0 Å². The first kappa shape index (κ1) is 24.8. The molecule has 37 heavy (non-hydrogen) atoms. The van der Waals surface area contributed by atoms with E-state index >= 15 is 0 Å². The van der Waals surface area contributed by atoms with Gasteiger partial charge in [-0.05, 0) is 60.9 Å². The van der Waals surface area contributed by atoms with Gasteiger partial charge in [-0.2, -0.15) is 0 Å². The predicted molar refractivity (Wildman–Crippen MR) is 146 cm³/mol. The number of hydrogen-bond acceptors (Lipinski definition) is 6. The third kappa shape index (κ3) is 5.93. The van der Waals surface area contributed by atoms with Crippen LogP contribution >= 0.6 is 0 Å². The van der Waals surface area contributed by atoms with Crippen LogP contribution < -0.4 is 10.6 Å². The Morgan fingerprint density at radius 1 is 1.05 bits per heavy atom. The van der Waals surface area contributed by atoms with Crippen molar-refractivity contribution in [2.75, 3.05) is 37.4 Å². The lowest BCUT2D eigenvalue weighted by atomic mass is 9.91. The molecule has 8 heteroatoms. The second-order valence-corrected chi connectivity index (χ2v) is 9.68. The number of methoxy groups -OCH3 is 1. The summed E-state index contributed by atoms with van der Waals surface area (Å²) in [5.41, 5.74) is 4.05. The Hall–Kier alpha value is -3.88. The summed E-state index contributed by atoms with van der Waals surface area (Å²) in [5, 5.41) is 18.7. The number of piperidine rings is 1. The van der Waals surface area contributed by atoms with Crippen molar-refractivity contribution in [1.82, 2.24) is 14.9 Å². The van der Waals surface area contributed by atoms with E-state index in [-0.39, 0.29) is 12.5 Å². The molecule has 1 unspecified atom stereocenters. The lowest BCUT2D eigenvalue weighted by molar-refractivity contribution is -0.138. The zero-order chi connectivity index (χ0) is 25.7. The van der Waals surface area contributed by atoms with E-state index in [1.54, 1.807) is 19.5 Å². The standard InChI is InChI=1S/C29H33N5O3/c1-37-20-29(36)12-16-34(17-13-29)28(35)27(18-21-19-31-26-5-3-2-4-25(21)26)33-23-8-6-22(7-9-23)32-24-10-14-30-15-11-24/h2-11,14-15,19,27,31,33,36H,12-13,16-18,20H2,1H3,(H,30,32). The number of aromatic nitrogens is 2. The number of carbonyl (C=O) groups is 1. The molecule has 0 saturated carbocycles. The minimum atomic E-state index is -0.872. The lowest BCUT2D eigenvalue weighted by Crippen LogP contribution is -2.52. The van der Waals surface area contributed by atoms with Crippen molar-refractivity contribution in [2.45, 2.75) is 30.9 Å². The molecule has 2 aromatic carbocycles. The topological polar surface area (TPSA) is 103 Å². The summed E-state index contributed by atoms with van der Waals surface area (Å²) in [7, 11) is 1.59. The van der Waals surface area contributed by atoms with E-state index in [0.29, 0.717) is 32.4 Å². The van der Waals surface area contributed by atoms with Gasteiger partial charge in [0.05, 0.1) is 12.2 Å². The summed E-state index contributed by atoms with van der Waals surface area (Å²) in [4.78, 5) is 23.0. The van der Waals surface area contributed by atoms with Gasteiger partial charge in [-0.15, -0.1) is 0 Å². The molecule has 1 amide bonds. The molecular formula is C29H33N5O3. The van der Waals surface area contributed by atoms with E-state index in [9.17, 15) is 9.90 Å². The van der Waals surface area contributed by atoms with Crippen LogP contribution in [0.3, 0.4) is 0 Å². The smallest absolute Gasteiger partial charge is 0.245 e. The fourth-order valence-electron chi connectivity index (χ4n) is 4.95. The van der Waals surface area contributed by atoms with Crippen LogP contribution in [0.5, 0.6) is 0 Å². The molecule has 1 saturated heterocycles. The molecule has 4 N–H and O–H groups in total. The van der Waals surface area contributed by atoms with E-state index in [2.05, 4.69) is 26.7 Å². The van der Waals surface area contributed by atoms with E-state index < -0.39 is 11.6 Å². The van der Waals surface area contributed by atoms with E-state index in [0.717, 1.165) is 33.5 Å². The van der Waals surface area contributed by atoms with Gasteiger partial charge in [0.2, 0.25) is 5.91 Å². The number of aromatic amines is 1. The van der Waals surface area contributed by atoms with Crippen molar-refractivity contribution < 1.29 is 14.6 Å². The number of hydrogen-bond donors (Lipinski definition) is 4. The molecule has 2 aromatic heterocycles. The number of H-pyrrole nitrogens is 1. The first-order valence-corrected chi connectivity index (χ1v) is 12.6. The molecule has 1 aliphatic heterocycles. The van der Waals surface area contributed by atoms with Crippen molar-refractivity contribution in [3.05, 3.63) is 84.8 Å². The Labute approximate surface area is 216 Å². The number of aliphatic hydroxyl groups is 1. The van der Waals surface area contributed by atoms with Crippen LogP contribution in [0.4, 0.5) is 17.1 Å². The first-order valence-electron chi connectivity index (χ1n) is 12.6. The summed E-state index contributed by atoms with van der Waals surface area (Å²) in [6, 6.07) is 19.4. The number of nitrogens with one attached hydrogen (secondary N) is 3. The molecule has 1 atom stereocenters. The maximum Gasteiger partial charge on any atom is 0.245 e. The fourth-order valence-corrected chi connectivity index (χ4v) is 4.95. The number of amides is 1. The molecule has 0 bridgehead atoms. The van der Waals surface area contributed by atoms with E-state index in [1.807, 2.05) is 65.7 Å². The number of fused-ring (bicyclic) bond motifs is 1. The molecule has 8 nitrogen and oxygen atoms in total. The summed E-state index contributed by atoms with van der Waals surface area (Å²) in [6.07, 6.45) is 7.02. The number of benzene rings is 2. The maximum atomic E-state index is 13.8. The molecule has 192 valence electrons. The Bertz CT molecular complexity index is 1310. The van der Waals surface area contributed by atoms with Gasteiger partial charge < -0.3 is 30.4 Å².